The van der Waals surface area contributed by atoms with Gasteiger partial charge in [-0.25, -0.2) is 0 Å². The van der Waals surface area contributed by atoms with Crippen LogP contribution >= 0.6 is 23.2 Å². The molecule has 0 fully saturated rings. The molecular formula is C12H15Cl2NO2. The second-order valence-corrected chi connectivity index (χ2v) is 5.16. The number of nitrogens with two attached hydrogens (primary N) is 1. The number of benzene rings is 1. The van der Waals surface area contributed by atoms with Crippen LogP contribution in [0, 0.1) is 0 Å². The molecule has 17 heavy (non-hydrogen) atoms. The Kier molecular flexibility index (Phi) is 4.42. The third kappa shape index (κ3) is 2.92. The van der Waals surface area contributed by atoms with Gasteiger partial charge in [0.05, 0.1) is 16.5 Å². The maximum absolute atomic E-state index is 11.0. The Labute approximate surface area is 111 Å². The van der Waals surface area contributed by atoms with Gasteiger partial charge in [-0.1, -0.05) is 42.3 Å². The van der Waals surface area contributed by atoms with E-state index in [9.17, 15) is 4.79 Å². The zero-order valence-corrected chi connectivity index (χ0v) is 11.2. The normalized spacial score (nSPS) is 16.3. The van der Waals surface area contributed by atoms with E-state index in [0.717, 1.165) is 0 Å². The maximum Gasteiger partial charge on any atom is 0.304 e. The fourth-order valence-electron chi connectivity index (χ4n) is 1.76. The van der Waals surface area contributed by atoms with Crippen molar-refractivity contribution in [1.82, 2.24) is 0 Å². The van der Waals surface area contributed by atoms with Crippen molar-refractivity contribution >= 4 is 29.2 Å². The van der Waals surface area contributed by atoms with Crippen LogP contribution in [-0.2, 0) is 10.2 Å². The Bertz CT molecular complexity index is 435. The van der Waals surface area contributed by atoms with Crippen LogP contribution in [0.2, 0.25) is 10.0 Å². The van der Waals surface area contributed by atoms with Crippen LogP contribution in [0.25, 0.3) is 0 Å². The third-order valence-corrected chi connectivity index (χ3v) is 3.91. The number of carboxylic acids is 1. The minimum Gasteiger partial charge on any atom is -0.481 e. The first-order valence-corrected chi connectivity index (χ1v) is 5.96. The molecule has 0 aliphatic carbocycles. The summed E-state index contributed by atoms with van der Waals surface area (Å²) in [6.45, 7) is 3.55. The Balaban J connectivity index is 3.32. The van der Waals surface area contributed by atoms with E-state index in [1.807, 2.05) is 0 Å². The van der Waals surface area contributed by atoms with Gasteiger partial charge in [-0.05, 0) is 18.6 Å². The van der Waals surface area contributed by atoms with Gasteiger partial charge in [0.1, 0.15) is 0 Å². The molecule has 0 amide bonds. The first-order chi connectivity index (χ1) is 7.79. The van der Waals surface area contributed by atoms with Gasteiger partial charge in [-0.15, -0.1) is 0 Å². The molecule has 0 radical (unpaired) electrons. The molecule has 0 heterocycles. The van der Waals surface area contributed by atoms with E-state index in [1.54, 1.807) is 32.0 Å². The molecule has 0 aliphatic rings. The molecule has 1 aromatic rings. The summed E-state index contributed by atoms with van der Waals surface area (Å²) in [5, 5.41) is 9.76. The van der Waals surface area contributed by atoms with Gasteiger partial charge in [-0.2, -0.15) is 0 Å². The predicted molar refractivity (Wildman–Crippen MR) is 69.7 cm³/mol. The molecule has 0 bridgehead atoms. The summed E-state index contributed by atoms with van der Waals surface area (Å²) in [5.41, 5.74) is 5.83. The molecule has 3 N–H and O–H groups in total. The highest BCUT2D eigenvalue weighted by Gasteiger charge is 2.35. The largest absolute Gasteiger partial charge is 0.481 e. The second-order valence-electron chi connectivity index (χ2n) is 4.38. The summed E-state index contributed by atoms with van der Waals surface area (Å²) >= 11 is 12.1. The van der Waals surface area contributed by atoms with Crippen LogP contribution < -0.4 is 5.73 Å². The quantitative estimate of drug-likeness (QED) is 0.888. The molecule has 0 aromatic heterocycles. The second kappa shape index (κ2) is 5.25. The number of hydrogen-bond donors (Lipinski definition) is 2. The minimum atomic E-state index is -0.916. The highest BCUT2D eigenvalue weighted by atomic mass is 35.5. The maximum atomic E-state index is 11.0. The number of hydrogen-bond acceptors (Lipinski definition) is 2. The third-order valence-electron chi connectivity index (χ3n) is 3.09. The van der Waals surface area contributed by atoms with Crippen molar-refractivity contribution in [3.05, 3.63) is 33.8 Å². The Hall–Kier alpha value is -0.770. The first-order valence-electron chi connectivity index (χ1n) is 5.21. The van der Waals surface area contributed by atoms with Gasteiger partial charge in [0.2, 0.25) is 0 Å². The van der Waals surface area contributed by atoms with E-state index in [1.165, 1.54) is 0 Å². The van der Waals surface area contributed by atoms with Gasteiger partial charge >= 0.3 is 5.97 Å². The lowest BCUT2D eigenvalue weighted by Gasteiger charge is -2.33. The van der Waals surface area contributed by atoms with Crippen molar-refractivity contribution in [2.75, 3.05) is 0 Å². The van der Waals surface area contributed by atoms with E-state index < -0.39 is 11.4 Å². The van der Waals surface area contributed by atoms with Crippen molar-refractivity contribution in [1.29, 1.82) is 0 Å². The molecule has 2 atom stereocenters. The number of carbonyl (C=O) groups is 1. The van der Waals surface area contributed by atoms with E-state index in [-0.39, 0.29) is 12.5 Å². The van der Waals surface area contributed by atoms with Crippen molar-refractivity contribution in [3.8, 4) is 0 Å². The van der Waals surface area contributed by atoms with Gasteiger partial charge in [-0.3, -0.25) is 4.79 Å². The summed E-state index contributed by atoms with van der Waals surface area (Å²) in [7, 11) is 0. The molecular weight excluding hydrogens is 261 g/mol. The lowest BCUT2D eigenvalue weighted by molar-refractivity contribution is -0.138. The molecule has 1 rings (SSSR count). The van der Waals surface area contributed by atoms with Crippen LogP contribution in [0.3, 0.4) is 0 Å². The summed E-state index contributed by atoms with van der Waals surface area (Å²) in [5.74, 6) is -0.916. The highest BCUT2D eigenvalue weighted by Crippen LogP contribution is 2.38. The number of aliphatic carboxylic acids is 1. The summed E-state index contributed by atoms with van der Waals surface area (Å²) in [6, 6.07) is 4.82. The molecule has 0 aliphatic heterocycles. The monoisotopic (exact) mass is 275 g/mol. The molecule has 0 spiro atoms. The SMILES string of the molecule is CC(N)C(C)(CC(=O)O)c1cccc(Cl)c1Cl. The molecule has 0 saturated heterocycles. The van der Waals surface area contributed by atoms with E-state index in [0.29, 0.717) is 15.6 Å². The Morgan fingerprint density at radius 1 is 1.53 bits per heavy atom. The Morgan fingerprint density at radius 2 is 2.12 bits per heavy atom. The fourth-order valence-corrected chi connectivity index (χ4v) is 2.28. The zero-order chi connectivity index (χ0) is 13.2. The van der Waals surface area contributed by atoms with Crippen LogP contribution in [-0.4, -0.2) is 17.1 Å². The van der Waals surface area contributed by atoms with Gasteiger partial charge in [0.25, 0.3) is 0 Å². The number of halogens is 2. The molecule has 1 aromatic carbocycles. The molecule has 94 valence electrons. The smallest absolute Gasteiger partial charge is 0.304 e. The van der Waals surface area contributed by atoms with E-state index in [2.05, 4.69) is 0 Å². The molecule has 3 nitrogen and oxygen atoms in total. The van der Waals surface area contributed by atoms with Crippen LogP contribution in [0.5, 0.6) is 0 Å². The van der Waals surface area contributed by atoms with E-state index >= 15 is 0 Å². The number of rotatable bonds is 4. The minimum absolute atomic E-state index is 0.0925. The lowest BCUT2D eigenvalue weighted by Crippen LogP contribution is -2.42. The van der Waals surface area contributed by atoms with Gasteiger partial charge < -0.3 is 10.8 Å². The lowest BCUT2D eigenvalue weighted by atomic mass is 9.74. The fraction of sp³-hybridized carbons (Fsp3) is 0.417. The van der Waals surface area contributed by atoms with Crippen molar-refractivity contribution in [2.24, 2.45) is 5.73 Å². The average Bonchev–Trinajstić information content (AvgIpc) is 2.20. The molecule has 5 heteroatoms. The zero-order valence-electron chi connectivity index (χ0n) is 9.71. The summed E-state index contributed by atoms with van der Waals surface area (Å²) in [4.78, 5) is 11.0. The topological polar surface area (TPSA) is 63.3 Å². The molecule has 2 unspecified atom stereocenters. The van der Waals surface area contributed by atoms with Gasteiger partial charge in [0, 0.05) is 11.5 Å². The van der Waals surface area contributed by atoms with Crippen molar-refractivity contribution in [2.45, 2.75) is 31.7 Å². The van der Waals surface area contributed by atoms with Crippen molar-refractivity contribution < 1.29 is 9.90 Å². The van der Waals surface area contributed by atoms with Crippen LogP contribution in [0.4, 0.5) is 0 Å². The Morgan fingerprint density at radius 3 is 2.59 bits per heavy atom. The van der Waals surface area contributed by atoms with Gasteiger partial charge in [0.15, 0.2) is 0 Å². The standard InChI is InChI=1S/C12H15Cl2NO2/c1-7(15)12(2,6-10(16)17)8-4-3-5-9(13)11(8)14/h3-5,7H,6,15H2,1-2H3,(H,16,17). The van der Waals surface area contributed by atoms with E-state index in [4.69, 9.17) is 34.0 Å². The predicted octanol–water partition coefficient (Wildman–Crippen LogP) is 3.07. The first kappa shape index (κ1) is 14.3. The summed E-state index contributed by atoms with van der Waals surface area (Å²) in [6.07, 6.45) is -0.0925. The highest BCUT2D eigenvalue weighted by molar-refractivity contribution is 6.42. The van der Waals surface area contributed by atoms with Crippen LogP contribution in [0.1, 0.15) is 25.8 Å². The summed E-state index contributed by atoms with van der Waals surface area (Å²) < 4.78 is 0. The molecule has 0 saturated carbocycles. The average molecular weight is 276 g/mol. The van der Waals surface area contributed by atoms with Crippen molar-refractivity contribution in [3.63, 3.8) is 0 Å². The van der Waals surface area contributed by atoms with Crippen LogP contribution in [0.15, 0.2) is 18.2 Å². The number of carboxylic acid groups (broad SMARTS) is 1.